The summed E-state index contributed by atoms with van der Waals surface area (Å²) in [6.07, 6.45) is 1.84. The Hall–Kier alpha value is -3.00. The predicted molar refractivity (Wildman–Crippen MR) is 112 cm³/mol. The summed E-state index contributed by atoms with van der Waals surface area (Å²) < 4.78 is 16.2. The Balaban J connectivity index is 1.57. The van der Waals surface area contributed by atoms with E-state index in [-0.39, 0.29) is 23.4 Å². The molecule has 1 fully saturated rings. The Labute approximate surface area is 178 Å². The number of rotatable bonds is 7. The van der Waals surface area contributed by atoms with Gasteiger partial charge < -0.3 is 4.57 Å². The highest BCUT2D eigenvalue weighted by atomic mass is 32.2. The van der Waals surface area contributed by atoms with Crippen LogP contribution in [-0.2, 0) is 22.6 Å². The number of hydrogen-bond acceptors (Lipinski definition) is 5. The standard InChI is InChI=1S/C22H21FN4O2S/c23-18-10-5-4-9-17(18)21-24-25-22(27(21)14-12-16-7-2-1-3-8-16)30-15-20(29)26-13-6-11-19(26)28/h1-5,7-10H,6,11-15H2. The van der Waals surface area contributed by atoms with E-state index in [1.165, 1.54) is 22.7 Å². The first-order chi connectivity index (χ1) is 14.6. The van der Waals surface area contributed by atoms with Crippen molar-refractivity contribution in [2.45, 2.75) is 31.0 Å². The van der Waals surface area contributed by atoms with Gasteiger partial charge in [0.25, 0.3) is 0 Å². The fraction of sp³-hybridized carbons (Fsp3) is 0.273. The molecular weight excluding hydrogens is 403 g/mol. The van der Waals surface area contributed by atoms with Gasteiger partial charge >= 0.3 is 0 Å². The van der Waals surface area contributed by atoms with Crippen molar-refractivity contribution in [3.05, 3.63) is 66.0 Å². The molecule has 0 spiro atoms. The highest BCUT2D eigenvalue weighted by Gasteiger charge is 2.27. The van der Waals surface area contributed by atoms with E-state index in [0.717, 1.165) is 5.56 Å². The van der Waals surface area contributed by atoms with E-state index in [2.05, 4.69) is 10.2 Å². The van der Waals surface area contributed by atoms with Gasteiger partial charge in [-0.1, -0.05) is 54.2 Å². The Morgan fingerprint density at radius 3 is 2.57 bits per heavy atom. The second kappa shape index (κ2) is 9.21. The minimum atomic E-state index is -0.374. The van der Waals surface area contributed by atoms with Crippen molar-refractivity contribution in [1.29, 1.82) is 0 Å². The number of benzene rings is 2. The minimum absolute atomic E-state index is 0.0898. The van der Waals surface area contributed by atoms with Gasteiger partial charge in [0.05, 0.1) is 11.3 Å². The molecule has 2 heterocycles. The summed E-state index contributed by atoms with van der Waals surface area (Å²) in [7, 11) is 0. The number of halogens is 1. The first-order valence-corrected chi connectivity index (χ1v) is 10.8. The van der Waals surface area contributed by atoms with Gasteiger partial charge in [-0.15, -0.1) is 10.2 Å². The van der Waals surface area contributed by atoms with E-state index in [0.29, 0.717) is 48.9 Å². The summed E-state index contributed by atoms with van der Waals surface area (Å²) in [5, 5.41) is 8.96. The Bertz CT molecular complexity index is 1050. The Morgan fingerprint density at radius 1 is 1.07 bits per heavy atom. The van der Waals surface area contributed by atoms with Gasteiger partial charge in [-0.3, -0.25) is 14.5 Å². The van der Waals surface area contributed by atoms with Crippen LogP contribution in [0.1, 0.15) is 18.4 Å². The van der Waals surface area contributed by atoms with Crippen molar-refractivity contribution in [3.63, 3.8) is 0 Å². The lowest BCUT2D eigenvalue weighted by molar-refractivity contribution is -0.140. The Kier molecular flexibility index (Phi) is 6.23. The van der Waals surface area contributed by atoms with Crippen LogP contribution in [0.25, 0.3) is 11.4 Å². The topological polar surface area (TPSA) is 68.1 Å². The number of amides is 2. The van der Waals surface area contributed by atoms with Gasteiger partial charge in [-0.2, -0.15) is 0 Å². The first kappa shape index (κ1) is 20.3. The SMILES string of the molecule is O=C1CCCN1C(=O)CSc1nnc(-c2ccccc2F)n1CCc1ccccc1. The Morgan fingerprint density at radius 2 is 1.83 bits per heavy atom. The van der Waals surface area contributed by atoms with Crippen LogP contribution < -0.4 is 0 Å². The zero-order chi connectivity index (χ0) is 20.9. The molecule has 30 heavy (non-hydrogen) atoms. The third-order valence-electron chi connectivity index (χ3n) is 5.00. The molecule has 0 aliphatic carbocycles. The number of thioether (sulfide) groups is 1. The van der Waals surface area contributed by atoms with E-state index in [1.807, 2.05) is 34.9 Å². The third-order valence-corrected chi connectivity index (χ3v) is 5.95. The number of hydrogen-bond donors (Lipinski definition) is 0. The van der Waals surface area contributed by atoms with Crippen LogP contribution in [0.2, 0.25) is 0 Å². The number of carbonyl (C=O) groups excluding carboxylic acids is 2. The van der Waals surface area contributed by atoms with Gasteiger partial charge in [-0.25, -0.2) is 4.39 Å². The zero-order valence-electron chi connectivity index (χ0n) is 16.3. The molecule has 0 atom stereocenters. The van der Waals surface area contributed by atoms with Crippen molar-refractivity contribution >= 4 is 23.6 Å². The molecule has 0 saturated carbocycles. The lowest BCUT2D eigenvalue weighted by Crippen LogP contribution is -2.33. The summed E-state index contributed by atoms with van der Waals surface area (Å²) >= 11 is 1.22. The van der Waals surface area contributed by atoms with E-state index in [9.17, 15) is 14.0 Å². The number of nitrogens with zero attached hydrogens (tertiary/aromatic N) is 4. The second-order valence-corrected chi connectivity index (χ2v) is 7.95. The van der Waals surface area contributed by atoms with Crippen LogP contribution in [0.5, 0.6) is 0 Å². The lowest BCUT2D eigenvalue weighted by Gasteiger charge is -2.14. The average molecular weight is 425 g/mol. The predicted octanol–water partition coefficient (Wildman–Crippen LogP) is 3.57. The van der Waals surface area contributed by atoms with Crippen molar-refractivity contribution in [3.8, 4) is 11.4 Å². The number of carbonyl (C=O) groups is 2. The maximum atomic E-state index is 14.4. The summed E-state index contributed by atoms with van der Waals surface area (Å²) in [4.78, 5) is 25.5. The maximum Gasteiger partial charge on any atom is 0.239 e. The summed E-state index contributed by atoms with van der Waals surface area (Å²) in [5.74, 6) is -0.213. The second-order valence-electron chi connectivity index (χ2n) is 7.00. The smallest absolute Gasteiger partial charge is 0.239 e. The van der Waals surface area contributed by atoms with E-state index in [4.69, 9.17) is 0 Å². The molecule has 1 aliphatic heterocycles. The van der Waals surface area contributed by atoms with Crippen LogP contribution in [-0.4, -0.2) is 43.8 Å². The van der Waals surface area contributed by atoms with Gasteiger partial charge in [0, 0.05) is 19.5 Å². The van der Waals surface area contributed by atoms with Crippen molar-refractivity contribution in [1.82, 2.24) is 19.7 Å². The van der Waals surface area contributed by atoms with Crippen molar-refractivity contribution in [2.75, 3.05) is 12.3 Å². The molecule has 1 aliphatic rings. The van der Waals surface area contributed by atoms with Gasteiger partial charge in [0.2, 0.25) is 11.8 Å². The molecule has 154 valence electrons. The van der Waals surface area contributed by atoms with Gasteiger partial charge in [0.1, 0.15) is 5.82 Å². The van der Waals surface area contributed by atoms with E-state index >= 15 is 0 Å². The highest BCUT2D eigenvalue weighted by molar-refractivity contribution is 7.99. The molecule has 8 heteroatoms. The molecule has 0 bridgehead atoms. The minimum Gasteiger partial charge on any atom is -0.302 e. The quantitative estimate of drug-likeness (QED) is 0.543. The van der Waals surface area contributed by atoms with E-state index < -0.39 is 0 Å². The summed E-state index contributed by atoms with van der Waals surface area (Å²) in [5.41, 5.74) is 1.51. The molecular formula is C22H21FN4O2S. The molecule has 2 amide bonds. The third kappa shape index (κ3) is 4.43. The average Bonchev–Trinajstić information content (AvgIpc) is 3.37. The normalized spacial score (nSPS) is 13.8. The zero-order valence-corrected chi connectivity index (χ0v) is 17.1. The molecule has 0 unspecified atom stereocenters. The van der Waals surface area contributed by atoms with Crippen molar-refractivity contribution in [2.24, 2.45) is 0 Å². The fourth-order valence-corrected chi connectivity index (χ4v) is 4.28. The van der Waals surface area contributed by atoms with Crippen molar-refractivity contribution < 1.29 is 14.0 Å². The molecule has 1 saturated heterocycles. The summed E-state index contributed by atoms with van der Waals surface area (Å²) in [6, 6.07) is 16.4. The van der Waals surface area contributed by atoms with Crippen LogP contribution in [0.3, 0.4) is 0 Å². The first-order valence-electron chi connectivity index (χ1n) is 9.81. The molecule has 0 radical (unpaired) electrons. The number of aromatic nitrogens is 3. The lowest BCUT2D eigenvalue weighted by atomic mass is 10.1. The maximum absolute atomic E-state index is 14.4. The largest absolute Gasteiger partial charge is 0.302 e. The monoisotopic (exact) mass is 424 g/mol. The molecule has 1 aromatic heterocycles. The molecule has 6 nitrogen and oxygen atoms in total. The fourth-order valence-electron chi connectivity index (χ4n) is 3.44. The van der Waals surface area contributed by atoms with Crippen LogP contribution in [0, 0.1) is 5.82 Å². The van der Waals surface area contributed by atoms with Gasteiger partial charge in [0.15, 0.2) is 11.0 Å². The molecule has 2 aromatic carbocycles. The molecule has 0 N–H and O–H groups in total. The number of imide groups is 1. The molecule has 3 aromatic rings. The highest BCUT2D eigenvalue weighted by Crippen LogP contribution is 2.27. The van der Waals surface area contributed by atoms with E-state index in [1.54, 1.807) is 18.2 Å². The van der Waals surface area contributed by atoms with Gasteiger partial charge in [-0.05, 0) is 30.5 Å². The number of likely N-dealkylation sites (tertiary alicyclic amines) is 1. The van der Waals surface area contributed by atoms with Crippen LogP contribution >= 0.6 is 11.8 Å². The summed E-state index contributed by atoms with van der Waals surface area (Å²) in [6.45, 7) is 1.01. The molecule has 4 rings (SSSR count). The number of aryl methyl sites for hydroxylation is 1. The van der Waals surface area contributed by atoms with Crippen LogP contribution in [0.15, 0.2) is 59.8 Å². The van der Waals surface area contributed by atoms with Crippen LogP contribution in [0.4, 0.5) is 4.39 Å².